The molecule has 0 spiro atoms. The summed E-state index contributed by atoms with van der Waals surface area (Å²) in [7, 11) is -3.50. The van der Waals surface area contributed by atoms with E-state index in [1.165, 1.54) is 12.1 Å². The number of rotatable bonds is 7. The number of nitrogens with zero attached hydrogens (tertiary/aromatic N) is 3. The van der Waals surface area contributed by atoms with Crippen LogP contribution in [-0.2, 0) is 21.1 Å². The maximum absolute atomic E-state index is 14.6. The lowest BCUT2D eigenvalue weighted by molar-refractivity contribution is -0.132. The maximum atomic E-state index is 14.6. The summed E-state index contributed by atoms with van der Waals surface area (Å²) in [5.74, 6) is -0.137. The summed E-state index contributed by atoms with van der Waals surface area (Å²) in [6.45, 7) is 5.10. The highest BCUT2D eigenvalue weighted by atomic mass is 35.5. The van der Waals surface area contributed by atoms with Gasteiger partial charge in [0.15, 0.2) is 9.84 Å². The molecule has 36 heavy (non-hydrogen) atoms. The van der Waals surface area contributed by atoms with Gasteiger partial charge in [0.2, 0.25) is 5.91 Å². The first kappa shape index (κ1) is 26.8. The van der Waals surface area contributed by atoms with E-state index in [1.54, 1.807) is 12.4 Å². The van der Waals surface area contributed by atoms with Crippen LogP contribution < -0.4 is 5.32 Å². The number of anilines is 1. The summed E-state index contributed by atoms with van der Waals surface area (Å²) < 4.78 is 38.0. The van der Waals surface area contributed by atoms with Crippen LogP contribution in [0.15, 0.2) is 35.5 Å². The monoisotopic (exact) mass is 536 g/mol. The number of aryl methyl sites for hydroxylation is 1. The molecule has 10 heteroatoms. The Hall–Kier alpha value is -2.26. The summed E-state index contributed by atoms with van der Waals surface area (Å²) in [6, 6.07) is 3.35. The predicted octanol–water partition coefficient (Wildman–Crippen LogP) is 4.90. The van der Waals surface area contributed by atoms with E-state index < -0.39 is 21.7 Å². The molecular formula is C26H34ClFN4O3S. The molecule has 4 rings (SSSR count). The van der Waals surface area contributed by atoms with Crippen molar-refractivity contribution in [2.24, 2.45) is 11.3 Å². The first-order valence-electron chi connectivity index (χ1n) is 12.5. The van der Waals surface area contributed by atoms with E-state index in [1.807, 2.05) is 4.90 Å². The van der Waals surface area contributed by atoms with Crippen LogP contribution in [0.1, 0.15) is 58.1 Å². The van der Waals surface area contributed by atoms with E-state index in [2.05, 4.69) is 29.1 Å². The van der Waals surface area contributed by atoms with Crippen molar-refractivity contribution in [1.29, 1.82) is 0 Å². The lowest BCUT2D eigenvalue weighted by atomic mass is 9.79. The van der Waals surface area contributed by atoms with Gasteiger partial charge in [-0.3, -0.25) is 9.78 Å². The molecule has 7 nitrogen and oxygen atoms in total. The highest BCUT2D eigenvalue weighted by molar-refractivity contribution is 7.90. The zero-order valence-electron chi connectivity index (χ0n) is 21.0. The van der Waals surface area contributed by atoms with Crippen LogP contribution in [0.4, 0.5) is 10.1 Å². The molecule has 2 fully saturated rings. The second kappa shape index (κ2) is 10.6. The largest absolute Gasteiger partial charge is 0.371 e. The lowest BCUT2D eigenvalue weighted by Gasteiger charge is -2.39. The Balaban J connectivity index is 1.38. The molecule has 2 heterocycles. The van der Waals surface area contributed by atoms with Crippen LogP contribution in [0, 0.1) is 17.2 Å². The van der Waals surface area contributed by atoms with Crippen LogP contribution >= 0.6 is 11.6 Å². The number of halogens is 2. The van der Waals surface area contributed by atoms with E-state index in [4.69, 9.17) is 11.6 Å². The van der Waals surface area contributed by atoms with Gasteiger partial charge in [-0.05, 0) is 74.5 Å². The minimum absolute atomic E-state index is 0.0189. The van der Waals surface area contributed by atoms with Gasteiger partial charge in [-0.15, -0.1) is 0 Å². The number of carbonyl (C=O) groups excluding carboxylic acids is 1. The summed E-state index contributed by atoms with van der Waals surface area (Å²) in [5, 5.41) is 3.42. The van der Waals surface area contributed by atoms with E-state index in [9.17, 15) is 17.6 Å². The Morgan fingerprint density at radius 1 is 1.17 bits per heavy atom. The Kier molecular flexibility index (Phi) is 7.90. The first-order chi connectivity index (χ1) is 16.9. The highest BCUT2D eigenvalue weighted by Crippen LogP contribution is 2.42. The average Bonchev–Trinajstić information content (AvgIpc) is 3.08. The van der Waals surface area contributed by atoms with Crippen molar-refractivity contribution < 1.29 is 17.6 Å². The molecule has 1 saturated carbocycles. The normalized spacial score (nSPS) is 24.5. The number of aromatic nitrogens is 2. The van der Waals surface area contributed by atoms with Crippen molar-refractivity contribution in [3.8, 4) is 0 Å². The van der Waals surface area contributed by atoms with E-state index in [-0.39, 0.29) is 27.9 Å². The van der Waals surface area contributed by atoms with Gasteiger partial charge in [0.1, 0.15) is 17.0 Å². The van der Waals surface area contributed by atoms with Gasteiger partial charge in [-0.1, -0.05) is 25.4 Å². The molecular weight excluding hydrogens is 503 g/mol. The number of carbonyl (C=O) groups is 1. The molecule has 1 aliphatic carbocycles. The highest BCUT2D eigenvalue weighted by Gasteiger charge is 2.43. The second-order valence-electron chi connectivity index (χ2n) is 10.8. The van der Waals surface area contributed by atoms with Crippen LogP contribution in [-0.4, -0.2) is 54.1 Å². The molecule has 1 saturated heterocycles. The fraction of sp³-hybridized carbons (Fsp3) is 0.577. The Bertz CT molecular complexity index is 1210. The topological polar surface area (TPSA) is 92.3 Å². The molecule has 2 aromatic rings. The zero-order chi connectivity index (χ0) is 26.1. The average molecular weight is 537 g/mol. The van der Waals surface area contributed by atoms with Gasteiger partial charge in [0.05, 0.1) is 28.7 Å². The van der Waals surface area contributed by atoms with Crippen LogP contribution in [0.25, 0.3) is 0 Å². The Labute approximate surface area is 217 Å². The molecule has 2 aliphatic rings. The summed E-state index contributed by atoms with van der Waals surface area (Å²) in [6.07, 6.45) is 10.9. The molecule has 3 unspecified atom stereocenters. The van der Waals surface area contributed by atoms with Gasteiger partial charge < -0.3 is 10.2 Å². The van der Waals surface area contributed by atoms with Crippen molar-refractivity contribution in [1.82, 2.24) is 14.9 Å². The lowest BCUT2D eigenvalue weighted by Crippen LogP contribution is -2.47. The molecule has 196 valence electrons. The number of benzene rings is 1. The first-order valence-corrected chi connectivity index (χ1v) is 14.7. The third-order valence-corrected chi connectivity index (χ3v) is 9.05. The van der Waals surface area contributed by atoms with Crippen LogP contribution in [0.5, 0.6) is 0 Å². The quantitative estimate of drug-likeness (QED) is 0.506. The van der Waals surface area contributed by atoms with Crippen molar-refractivity contribution in [2.75, 3.05) is 18.1 Å². The number of likely N-dealkylation sites (tertiary alicyclic amines) is 1. The fourth-order valence-corrected chi connectivity index (χ4v) is 6.26. The summed E-state index contributed by atoms with van der Waals surface area (Å²) in [4.78, 5) is 23.8. The number of hydrogen-bond donors (Lipinski definition) is 1. The molecule has 1 aromatic heterocycles. The number of amides is 1. The van der Waals surface area contributed by atoms with Gasteiger partial charge in [-0.2, -0.15) is 0 Å². The van der Waals surface area contributed by atoms with Crippen LogP contribution in [0.2, 0.25) is 5.15 Å². The Morgan fingerprint density at radius 2 is 1.94 bits per heavy atom. The van der Waals surface area contributed by atoms with Crippen molar-refractivity contribution in [3.63, 3.8) is 0 Å². The third-order valence-electron chi connectivity index (χ3n) is 7.74. The minimum Gasteiger partial charge on any atom is -0.371 e. The van der Waals surface area contributed by atoms with E-state index in [0.29, 0.717) is 24.0 Å². The van der Waals surface area contributed by atoms with Crippen molar-refractivity contribution in [2.45, 2.75) is 75.8 Å². The zero-order valence-corrected chi connectivity index (χ0v) is 22.6. The minimum atomic E-state index is -3.50. The van der Waals surface area contributed by atoms with Gasteiger partial charge in [0, 0.05) is 18.8 Å². The van der Waals surface area contributed by atoms with E-state index >= 15 is 0 Å². The summed E-state index contributed by atoms with van der Waals surface area (Å²) in [5.41, 5.74) is 1.06. The standard InChI is InChI=1S/C26H34ClFN4O3S/c1-26(2)12-10-17(4-6-18-15-30-24(27)16-29-18)5-9-23(26)32-13-11-22(25(32)33)31-21-8-7-19(14-20(21)28)36(3,34)35/h7-8,14-17,22-23,31H,4-6,9-13H2,1-3H3. The number of hydrogen-bond acceptors (Lipinski definition) is 6. The van der Waals surface area contributed by atoms with Gasteiger partial charge >= 0.3 is 0 Å². The maximum Gasteiger partial charge on any atom is 0.245 e. The smallest absolute Gasteiger partial charge is 0.245 e. The molecule has 1 N–H and O–H groups in total. The predicted molar refractivity (Wildman–Crippen MR) is 138 cm³/mol. The van der Waals surface area contributed by atoms with Gasteiger partial charge in [0.25, 0.3) is 0 Å². The molecule has 1 aromatic carbocycles. The SMILES string of the molecule is CC1(C)CCC(CCc2cnc(Cl)cn2)CCC1N1CCC(Nc2ccc(S(C)(=O)=O)cc2F)C1=O. The third kappa shape index (κ3) is 6.17. The second-order valence-corrected chi connectivity index (χ2v) is 13.2. The Morgan fingerprint density at radius 3 is 2.61 bits per heavy atom. The number of sulfone groups is 1. The number of nitrogens with one attached hydrogen (secondary N) is 1. The van der Waals surface area contributed by atoms with Gasteiger partial charge in [-0.25, -0.2) is 17.8 Å². The van der Waals surface area contributed by atoms with Crippen LogP contribution in [0.3, 0.4) is 0 Å². The van der Waals surface area contributed by atoms with Crippen molar-refractivity contribution in [3.05, 3.63) is 47.3 Å². The van der Waals surface area contributed by atoms with E-state index in [0.717, 1.165) is 56.5 Å². The molecule has 3 atom stereocenters. The fourth-order valence-electron chi connectivity index (χ4n) is 5.53. The molecule has 1 aliphatic heterocycles. The summed E-state index contributed by atoms with van der Waals surface area (Å²) >= 11 is 5.84. The molecule has 0 radical (unpaired) electrons. The molecule has 0 bridgehead atoms. The van der Waals surface area contributed by atoms with Crippen molar-refractivity contribution >= 4 is 33.0 Å². The molecule has 1 amide bonds.